The normalized spacial score (nSPS) is 16.0. The van der Waals surface area contributed by atoms with Crippen molar-refractivity contribution in [2.75, 3.05) is 23.4 Å². The van der Waals surface area contributed by atoms with Crippen molar-refractivity contribution < 1.29 is 0 Å². The van der Waals surface area contributed by atoms with Gasteiger partial charge in [-0.3, -0.25) is 0 Å². The molecule has 2 nitrogen and oxygen atoms in total. The van der Waals surface area contributed by atoms with Crippen molar-refractivity contribution in [3.63, 3.8) is 0 Å². The number of fused-ring (bicyclic) bond motifs is 1. The van der Waals surface area contributed by atoms with Gasteiger partial charge in [0.15, 0.2) is 0 Å². The van der Waals surface area contributed by atoms with Gasteiger partial charge in [-0.2, -0.15) is 0 Å². The molecule has 1 atom stereocenters. The predicted molar refractivity (Wildman–Crippen MR) is 107 cm³/mol. The number of benzene rings is 2. The van der Waals surface area contributed by atoms with Crippen LogP contribution in [-0.2, 0) is 0 Å². The molecule has 0 amide bonds. The molecule has 0 fully saturated rings. The maximum absolute atomic E-state index is 3.84. The van der Waals surface area contributed by atoms with Crippen LogP contribution in [-0.4, -0.2) is 13.6 Å². The molecule has 0 spiro atoms. The lowest BCUT2D eigenvalue weighted by atomic mass is 10.1. The zero-order valence-corrected chi connectivity index (χ0v) is 15.6. The van der Waals surface area contributed by atoms with E-state index in [4.69, 9.17) is 0 Å². The molecule has 1 aliphatic rings. The van der Waals surface area contributed by atoms with E-state index in [-0.39, 0.29) is 23.1 Å². The molecule has 122 valence electrons. The van der Waals surface area contributed by atoms with Crippen LogP contribution in [0.5, 0.6) is 0 Å². The lowest BCUT2D eigenvalue weighted by Gasteiger charge is -2.31. The van der Waals surface area contributed by atoms with E-state index in [0.717, 1.165) is 6.54 Å². The molecule has 1 aliphatic heterocycles. The van der Waals surface area contributed by atoms with Crippen LogP contribution in [0, 0.1) is 0 Å². The van der Waals surface area contributed by atoms with Gasteiger partial charge in [-0.15, -0.1) is 17.0 Å². The number of halogens is 1. The average molecular weight is 373 g/mol. The van der Waals surface area contributed by atoms with Crippen molar-refractivity contribution in [2.24, 2.45) is 0 Å². The summed E-state index contributed by atoms with van der Waals surface area (Å²) in [7, 11) is 2.19. The molecule has 2 aromatic carbocycles. The Hall–Kier alpha value is -1.74. The van der Waals surface area contributed by atoms with E-state index in [0.29, 0.717) is 0 Å². The fraction of sp³-hybridized carbons (Fsp3) is 0.300. The third-order valence-corrected chi connectivity index (χ3v) is 4.46. The van der Waals surface area contributed by atoms with Gasteiger partial charge in [-0.1, -0.05) is 62.4 Å². The number of nitrogens with zero attached hydrogens (tertiary/aromatic N) is 2. The molecular formula is C20H25BrN2. The molecule has 3 heteroatoms. The third-order valence-electron chi connectivity index (χ3n) is 4.46. The molecule has 3 rings (SSSR count). The van der Waals surface area contributed by atoms with E-state index in [1.807, 2.05) is 6.08 Å². The van der Waals surface area contributed by atoms with Crippen LogP contribution in [0.25, 0.3) is 6.08 Å². The quantitative estimate of drug-likeness (QED) is 0.667. The van der Waals surface area contributed by atoms with Gasteiger partial charge >= 0.3 is 0 Å². The fourth-order valence-corrected chi connectivity index (χ4v) is 3.26. The van der Waals surface area contributed by atoms with E-state index in [1.54, 1.807) is 0 Å². The molecule has 0 aliphatic carbocycles. The number of rotatable bonds is 5. The lowest BCUT2D eigenvalue weighted by Crippen LogP contribution is -2.34. The highest BCUT2D eigenvalue weighted by molar-refractivity contribution is 8.93. The second-order valence-electron chi connectivity index (χ2n) is 5.89. The first-order chi connectivity index (χ1) is 10.8. The zero-order valence-electron chi connectivity index (χ0n) is 13.9. The maximum Gasteiger partial charge on any atom is 0.128 e. The number of hydrogen-bond donors (Lipinski definition) is 0. The molecule has 1 heterocycles. The molecule has 0 radical (unpaired) electrons. The van der Waals surface area contributed by atoms with Gasteiger partial charge in [-0.05, 0) is 29.7 Å². The van der Waals surface area contributed by atoms with Gasteiger partial charge in [0, 0.05) is 13.6 Å². The molecule has 2 aromatic rings. The lowest BCUT2D eigenvalue weighted by molar-refractivity contribution is 0.618. The van der Waals surface area contributed by atoms with Crippen molar-refractivity contribution in [3.05, 3.63) is 66.2 Å². The highest BCUT2D eigenvalue weighted by Crippen LogP contribution is 2.45. The van der Waals surface area contributed by atoms with Gasteiger partial charge in [0.05, 0.1) is 11.4 Å². The van der Waals surface area contributed by atoms with Gasteiger partial charge in [-0.25, -0.2) is 0 Å². The minimum atomic E-state index is 0. The second-order valence-corrected chi connectivity index (χ2v) is 5.89. The van der Waals surface area contributed by atoms with E-state index in [2.05, 4.69) is 78.9 Å². The summed E-state index contributed by atoms with van der Waals surface area (Å²) >= 11 is 0. The van der Waals surface area contributed by atoms with Crippen LogP contribution >= 0.6 is 17.0 Å². The van der Waals surface area contributed by atoms with Crippen molar-refractivity contribution in [1.82, 2.24) is 0 Å². The summed E-state index contributed by atoms with van der Waals surface area (Å²) in [6.07, 6.45) is 4.60. The van der Waals surface area contributed by atoms with Gasteiger partial charge in [0.1, 0.15) is 6.17 Å². The van der Waals surface area contributed by atoms with Crippen LogP contribution in [0.3, 0.4) is 0 Å². The Morgan fingerprint density at radius 3 is 2.30 bits per heavy atom. The van der Waals surface area contributed by atoms with Gasteiger partial charge in [0.2, 0.25) is 0 Å². The monoisotopic (exact) mass is 372 g/mol. The minimum absolute atomic E-state index is 0. The van der Waals surface area contributed by atoms with E-state index in [9.17, 15) is 0 Å². The minimum Gasteiger partial charge on any atom is -0.349 e. The molecule has 1 unspecified atom stereocenters. The summed E-state index contributed by atoms with van der Waals surface area (Å²) in [6.45, 7) is 7.18. The summed E-state index contributed by atoms with van der Waals surface area (Å²) < 4.78 is 0. The fourth-order valence-electron chi connectivity index (χ4n) is 3.26. The molecule has 0 N–H and O–H groups in total. The van der Waals surface area contributed by atoms with E-state index < -0.39 is 0 Å². The Bertz CT molecular complexity index is 651. The Morgan fingerprint density at radius 1 is 1.04 bits per heavy atom. The first-order valence-corrected chi connectivity index (χ1v) is 8.07. The van der Waals surface area contributed by atoms with Gasteiger partial charge < -0.3 is 9.80 Å². The smallest absolute Gasteiger partial charge is 0.128 e. The van der Waals surface area contributed by atoms with Crippen LogP contribution in [0.4, 0.5) is 11.4 Å². The van der Waals surface area contributed by atoms with E-state index in [1.165, 1.54) is 35.3 Å². The number of unbranched alkanes of at least 4 members (excludes halogenated alkanes) is 1. The zero-order chi connectivity index (χ0) is 15.5. The first-order valence-electron chi connectivity index (χ1n) is 8.07. The van der Waals surface area contributed by atoms with Crippen molar-refractivity contribution in [1.29, 1.82) is 0 Å². The molecular weight excluding hydrogens is 348 g/mol. The summed E-state index contributed by atoms with van der Waals surface area (Å²) in [6, 6.07) is 17.5. The largest absolute Gasteiger partial charge is 0.349 e. The SMILES string of the molecule is Br.C=Cc1ccc(C2N(C)c3ccccc3N2CCCC)cc1. The summed E-state index contributed by atoms with van der Waals surface area (Å²) in [5.74, 6) is 0. The Labute approximate surface area is 150 Å². The standard InChI is InChI=1S/C20H24N2.BrH/c1-4-6-15-22-19-10-8-7-9-18(19)21(3)20(22)17-13-11-16(5-2)12-14-17;/h5,7-14,20H,2,4,6,15H2,1,3H3;1H. The topological polar surface area (TPSA) is 6.48 Å². The van der Waals surface area contributed by atoms with Crippen molar-refractivity contribution in [3.8, 4) is 0 Å². The van der Waals surface area contributed by atoms with Crippen LogP contribution in [0.1, 0.15) is 37.1 Å². The Kier molecular flexibility index (Phi) is 5.89. The Balaban J connectivity index is 0.00000192. The van der Waals surface area contributed by atoms with Crippen LogP contribution in [0.2, 0.25) is 0 Å². The number of anilines is 2. The molecule has 0 saturated heterocycles. The second kappa shape index (κ2) is 7.69. The van der Waals surface area contributed by atoms with Crippen molar-refractivity contribution >= 4 is 34.4 Å². The van der Waals surface area contributed by atoms with Crippen LogP contribution < -0.4 is 9.80 Å². The summed E-state index contributed by atoms with van der Waals surface area (Å²) in [4.78, 5) is 4.91. The number of hydrogen-bond acceptors (Lipinski definition) is 2. The maximum atomic E-state index is 3.84. The highest BCUT2D eigenvalue weighted by Gasteiger charge is 2.33. The summed E-state index contributed by atoms with van der Waals surface area (Å²) in [5, 5.41) is 0. The molecule has 23 heavy (non-hydrogen) atoms. The average Bonchev–Trinajstić information content (AvgIpc) is 2.86. The van der Waals surface area contributed by atoms with Crippen LogP contribution in [0.15, 0.2) is 55.1 Å². The van der Waals surface area contributed by atoms with Crippen molar-refractivity contribution in [2.45, 2.75) is 25.9 Å². The third kappa shape index (κ3) is 3.30. The molecule has 0 bridgehead atoms. The Morgan fingerprint density at radius 2 is 1.70 bits per heavy atom. The van der Waals surface area contributed by atoms with E-state index >= 15 is 0 Å². The molecule has 0 saturated carbocycles. The predicted octanol–water partition coefficient (Wildman–Crippen LogP) is 5.66. The van der Waals surface area contributed by atoms with Gasteiger partial charge in [0.25, 0.3) is 0 Å². The number of para-hydroxylation sites is 2. The highest BCUT2D eigenvalue weighted by atomic mass is 79.9. The first kappa shape index (κ1) is 17.6. The summed E-state index contributed by atoms with van der Waals surface area (Å²) in [5.41, 5.74) is 5.16. The molecule has 0 aromatic heterocycles.